The van der Waals surface area contributed by atoms with Crippen LogP contribution in [-0.2, 0) is 4.74 Å². The van der Waals surface area contributed by atoms with Crippen LogP contribution in [0, 0.1) is 11.8 Å². The third-order valence-electron chi connectivity index (χ3n) is 5.62. The molecule has 1 atom stereocenters. The van der Waals surface area contributed by atoms with Crippen LogP contribution < -0.4 is 5.73 Å². The fourth-order valence-electron chi connectivity index (χ4n) is 4.43. The summed E-state index contributed by atoms with van der Waals surface area (Å²) in [4.78, 5) is 13.6. The Labute approximate surface area is 126 Å². The summed E-state index contributed by atoms with van der Waals surface area (Å²) in [6.45, 7) is 6.16. The number of carbonyl (C=O) groups is 1. The van der Waals surface area contributed by atoms with Gasteiger partial charge in [-0.2, -0.15) is 0 Å². The minimum Gasteiger partial charge on any atom is -0.444 e. The summed E-state index contributed by atoms with van der Waals surface area (Å²) < 4.78 is 5.35. The van der Waals surface area contributed by atoms with E-state index in [4.69, 9.17) is 10.5 Å². The molecule has 0 spiro atoms. The summed E-state index contributed by atoms with van der Waals surface area (Å²) in [6.07, 6.45) is 5.28. The molecule has 0 aromatic rings. The van der Waals surface area contributed by atoms with Crippen molar-refractivity contribution in [3.8, 4) is 0 Å². The molecule has 2 bridgehead atoms. The Bertz CT molecular complexity index is 431. The van der Waals surface area contributed by atoms with E-state index < -0.39 is 16.7 Å². The monoisotopic (exact) mass is 296 g/mol. The van der Waals surface area contributed by atoms with E-state index in [1.54, 1.807) is 4.90 Å². The Balaban J connectivity index is 1.65. The normalized spacial score (nSPS) is 38.0. The lowest BCUT2D eigenvalue weighted by atomic mass is 9.53. The predicted molar refractivity (Wildman–Crippen MR) is 79.7 cm³/mol. The van der Waals surface area contributed by atoms with Crippen molar-refractivity contribution in [3.63, 3.8) is 0 Å². The molecule has 5 nitrogen and oxygen atoms in total. The first kappa shape index (κ1) is 15.1. The minimum absolute atomic E-state index is 0.307. The standard InChI is InChI=1S/C16H28N2O3/c1-14(2,3)21-13(19)18-9-15(20,10-18)16(17)8-11-4-6-12(16)7-5-11/h11-12,20H,4-10,17H2,1-3H3. The maximum Gasteiger partial charge on any atom is 0.410 e. The number of ether oxygens (including phenoxy) is 1. The fourth-order valence-corrected chi connectivity index (χ4v) is 4.43. The predicted octanol–water partition coefficient (Wildman–Crippen LogP) is 1.88. The summed E-state index contributed by atoms with van der Waals surface area (Å²) >= 11 is 0. The second-order valence-corrected chi connectivity index (χ2v) is 8.33. The van der Waals surface area contributed by atoms with E-state index in [2.05, 4.69) is 0 Å². The van der Waals surface area contributed by atoms with Crippen molar-refractivity contribution in [2.75, 3.05) is 13.1 Å². The van der Waals surface area contributed by atoms with Crippen LogP contribution in [0.4, 0.5) is 4.79 Å². The Hall–Kier alpha value is -0.810. The SMILES string of the molecule is CC(C)(C)OC(=O)N1CC(O)(C2(N)CC3CCC2CC3)C1. The second-order valence-electron chi connectivity index (χ2n) is 8.33. The van der Waals surface area contributed by atoms with Crippen molar-refractivity contribution < 1.29 is 14.6 Å². The molecule has 4 aliphatic rings. The molecule has 120 valence electrons. The molecule has 0 radical (unpaired) electrons. The first-order valence-corrected chi connectivity index (χ1v) is 8.12. The van der Waals surface area contributed by atoms with Crippen LogP contribution in [0.5, 0.6) is 0 Å². The smallest absolute Gasteiger partial charge is 0.410 e. The molecule has 3 aliphatic carbocycles. The molecule has 1 heterocycles. The van der Waals surface area contributed by atoms with E-state index in [0.29, 0.717) is 24.9 Å². The molecule has 4 rings (SSSR count). The van der Waals surface area contributed by atoms with Gasteiger partial charge in [0.25, 0.3) is 0 Å². The van der Waals surface area contributed by atoms with Gasteiger partial charge in [-0.05, 0) is 51.9 Å². The number of β-amino-alcohol motifs (C(OH)–C–C–N with tert-alkyl or cyclic N) is 1. The summed E-state index contributed by atoms with van der Waals surface area (Å²) in [7, 11) is 0. The molecule has 4 fully saturated rings. The average Bonchev–Trinajstić information content (AvgIpc) is 2.33. The van der Waals surface area contributed by atoms with Crippen molar-refractivity contribution in [2.45, 2.75) is 69.6 Å². The van der Waals surface area contributed by atoms with Gasteiger partial charge in [-0.15, -0.1) is 0 Å². The highest BCUT2D eigenvalue weighted by Gasteiger charge is 2.62. The van der Waals surface area contributed by atoms with E-state index in [9.17, 15) is 9.90 Å². The Morgan fingerprint density at radius 3 is 2.24 bits per heavy atom. The number of fused-ring (bicyclic) bond motifs is 3. The van der Waals surface area contributed by atoms with Crippen LogP contribution in [0.3, 0.4) is 0 Å². The molecule has 0 aromatic carbocycles. The van der Waals surface area contributed by atoms with Gasteiger partial charge in [-0.1, -0.05) is 12.8 Å². The summed E-state index contributed by atoms with van der Waals surface area (Å²) in [5.41, 5.74) is 4.68. The summed E-state index contributed by atoms with van der Waals surface area (Å²) in [5.74, 6) is 1.05. The molecule has 0 aromatic heterocycles. The van der Waals surface area contributed by atoms with Crippen LogP contribution in [0.25, 0.3) is 0 Å². The van der Waals surface area contributed by atoms with Gasteiger partial charge in [0, 0.05) is 0 Å². The van der Waals surface area contributed by atoms with Crippen molar-refractivity contribution >= 4 is 6.09 Å². The zero-order valence-electron chi connectivity index (χ0n) is 13.4. The molecule has 21 heavy (non-hydrogen) atoms. The maximum atomic E-state index is 12.0. The highest BCUT2D eigenvalue weighted by atomic mass is 16.6. The Morgan fingerprint density at radius 1 is 1.24 bits per heavy atom. The molecule has 1 saturated heterocycles. The number of carbonyl (C=O) groups excluding carboxylic acids is 1. The van der Waals surface area contributed by atoms with Crippen molar-refractivity contribution in [2.24, 2.45) is 17.6 Å². The fraction of sp³-hybridized carbons (Fsp3) is 0.938. The van der Waals surface area contributed by atoms with Gasteiger partial charge >= 0.3 is 6.09 Å². The number of amides is 1. The van der Waals surface area contributed by atoms with Gasteiger partial charge in [0.1, 0.15) is 11.2 Å². The van der Waals surface area contributed by atoms with Gasteiger partial charge in [0.15, 0.2) is 0 Å². The third kappa shape index (κ3) is 2.44. The number of hydrogen-bond donors (Lipinski definition) is 2. The van der Waals surface area contributed by atoms with Crippen LogP contribution in [-0.4, -0.2) is 45.9 Å². The van der Waals surface area contributed by atoms with Crippen molar-refractivity contribution in [3.05, 3.63) is 0 Å². The molecular weight excluding hydrogens is 268 g/mol. The first-order valence-electron chi connectivity index (χ1n) is 8.12. The third-order valence-corrected chi connectivity index (χ3v) is 5.62. The molecular formula is C16H28N2O3. The number of likely N-dealkylation sites (tertiary alicyclic amines) is 1. The zero-order valence-corrected chi connectivity index (χ0v) is 13.4. The highest BCUT2D eigenvalue weighted by Crippen LogP contribution is 2.52. The lowest BCUT2D eigenvalue weighted by Gasteiger charge is -2.62. The molecule has 3 saturated carbocycles. The zero-order chi connectivity index (χ0) is 15.5. The average molecular weight is 296 g/mol. The van der Waals surface area contributed by atoms with Gasteiger partial charge < -0.3 is 20.5 Å². The number of rotatable bonds is 1. The molecule has 3 N–H and O–H groups in total. The lowest BCUT2D eigenvalue weighted by molar-refractivity contribution is -0.177. The molecule has 5 heteroatoms. The van der Waals surface area contributed by atoms with E-state index in [-0.39, 0.29) is 6.09 Å². The van der Waals surface area contributed by atoms with Crippen LogP contribution in [0.2, 0.25) is 0 Å². The van der Waals surface area contributed by atoms with E-state index in [0.717, 1.165) is 19.3 Å². The van der Waals surface area contributed by atoms with Crippen LogP contribution >= 0.6 is 0 Å². The van der Waals surface area contributed by atoms with Gasteiger partial charge in [0.2, 0.25) is 0 Å². The first-order chi connectivity index (χ1) is 9.63. The summed E-state index contributed by atoms with van der Waals surface area (Å²) in [5, 5.41) is 11.0. The highest BCUT2D eigenvalue weighted by molar-refractivity contribution is 5.70. The van der Waals surface area contributed by atoms with Crippen molar-refractivity contribution in [1.29, 1.82) is 0 Å². The minimum atomic E-state index is -0.937. The van der Waals surface area contributed by atoms with Gasteiger partial charge in [-0.3, -0.25) is 0 Å². The lowest BCUT2D eigenvalue weighted by Crippen LogP contribution is -2.80. The maximum absolute atomic E-state index is 12.0. The largest absolute Gasteiger partial charge is 0.444 e. The van der Waals surface area contributed by atoms with Crippen molar-refractivity contribution in [1.82, 2.24) is 4.90 Å². The molecule has 1 unspecified atom stereocenters. The van der Waals surface area contributed by atoms with Gasteiger partial charge in [0.05, 0.1) is 18.6 Å². The van der Waals surface area contributed by atoms with E-state index >= 15 is 0 Å². The van der Waals surface area contributed by atoms with Crippen LogP contribution in [0.15, 0.2) is 0 Å². The Morgan fingerprint density at radius 2 is 1.81 bits per heavy atom. The number of aliphatic hydroxyl groups is 1. The summed E-state index contributed by atoms with van der Waals surface area (Å²) in [6, 6.07) is 0. The number of hydrogen-bond acceptors (Lipinski definition) is 4. The Kier molecular flexibility index (Phi) is 3.30. The van der Waals surface area contributed by atoms with E-state index in [1.807, 2.05) is 20.8 Å². The number of nitrogens with two attached hydrogens (primary N) is 1. The quantitative estimate of drug-likeness (QED) is 0.774. The number of nitrogens with zero attached hydrogens (tertiary/aromatic N) is 1. The van der Waals surface area contributed by atoms with Crippen LogP contribution in [0.1, 0.15) is 52.9 Å². The molecule has 1 aliphatic heterocycles. The second kappa shape index (κ2) is 4.59. The topological polar surface area (TPSA) is 75.8 Å². The molecule has 1 amide bonds. The van der Waals surface area contributed by atoms with E-state index in [1.165, 1.54) is 12.8 Å². The van der Waals surface area contributed by atoms with Gasteiger partial charge in [-0.25, -0.2) is 4.79 Å².